The quantitative estimate of drug-likeness (QED) is 0.459. The van der Waals surface area contributed by atoms with Gasteiger partial charge < -0.3 is 9.88 Å². The summed E-state index contributed by atoms with van der Waals surface area (Å²) < 4.78 is 30.3. The molecule has 1 aromatic heterocycles. The first-order chi connectivity index (χ1) is 17.4. The number of sulfonamides is 1. The molecule has 1 fully saturated rings. The van der Waals surface area contributed by atoms with E-state index in [1.165, 1.54) is 16.4 Å². The number of nitrogens with one attached hydrogen (secondary N) is 1. The molecule has 36 heavy (non-hydrogen) atoms. The molecule has 6 rings (SSSR count). The maximum atomic E-state index is 13.5. The minimum Gasteiger partial charge on any atom is -0.322 e. The molecule has 2 aliphatic rings. The first-order valence-electron chi connectivity index (χ1n) is 12.0. The maximum absolute atomic E-state index is 13.5. The second kappa shape index (κ2) is 8.72. The van der Waals surface area contributed by atoms with E-state index in [4.69, 9.17) is 0 Å². The van der Waals surface area contributed by atoms with Crippen molar-refractivity contribution in [2.24, 2.45) is 5.92 Å². The smallest absolute Gasteiger partial charge is 0.256 e. The van der Waals surface area contributed by atoms with Gasteiger partial charge in [0, 0.05) is 48.6 Å². The number of hydrogen-bond donors (Lipinski definition) is 1. The zero-order valence-electron chi connectivity index (χ0n) is 19.5. The van der Waals surface area contributed by atoms with Gasteiger partial charge in [0.1, 0.15) is 0 Å². The number of nitrogens with zero attached hydrogens (tertiary/aromatic N) is 2. The number of rotatable bonds is 4. The Hall–Kier alpha value is -3.75. The van der Waals surface area contributed by atoms with Crippen molar-refractivity contribution >= 4 is 32.4 Å². The Balaban J connectivity index is 1.21. The van der Waals surface area contributed by atoms with Crippen molar-refractivity contribution < 1.29 is 13.2 Å². The molecular formula is C28H25N3O4S. The van der Waals surface area contributed by atoms with Crippen LogP contribution in [0.15, 0.2) is 94.6 Å². The fourth-order valence-corrected chi connectivity index (χ4v) is 7.09. The van der Waals surface area contributed by atoms with E-state index in [-0.39, 0.29) is 28.2 Å². The summed E-state index contributed by atoms with van der Waals surface area (Å²) in [6.07, 6.45) is 0.884. The fourth-order valence-electron chi connectivity index (χ4n) is 5.53. The Morgan fingerprint density at radius 1 is 0.833 bits per heavy atom. The number of anilines is 1. The van der Waals surface area contributed by atoms with Crippen LogP contribution in [0.25, 0.3) is 10.8 Å². The largest absolute Gasteiger partial charge is 0.322 e. The molecule has 3 heterocycles. The zero-order valence-corrected chi connectivity index (χ0v) is 20.3. The van der Waals surface area contributed by atoms with Crippen LogP contribution in [-0.2, 0) is 16.6 Å². The number of aromatic nitrogens is 1. The molecule has 182 valence electrons. The van der Waals surface area contributed by atoms with Crippen molar-refractivity contribution in [1.82, 2.24) is 8.87 Å². The van der Waals surface area contributed by atoms with Gasteiger partial charge >= 0.3 is 0 Å². The predicted molar refractivity (Wildman–Crippen MR) is 139 cm³/mol. The Morgan fingerprint density at radius 3 is 2.42 bits per heavy atom. The molecule has 7 nitrogen and oxygen atoms in total. The third kappa shape index (κ3) is 3.92. The molecule has 2 bridgehead atoms. The molecule has 4 aromatic rings. The number of carbonyl (C=O) groups excluding carboxylic acids is 1. The van der Waals surface area contributed by atoms with E-state index in [9.17, 15) is 18.0 Å². The second-order valence-corrected chi connectivity index (χ2v) is 11.5. The number of fused-ring (bicyclic) bond motifs is 5. The number of pyridine rings is 1. The minimum absolute atomic E-state index is 0.000400. The van der Waals surface area contributed by atoms with Crippen LogP contribution >= 0.6 is 0 Å². The van der Waals surface area contributed by atoms with Crippen LogP contribution < -0.4 is 10.9 Å². The lowest BCUT2D eigenvalue weighted by molar-refractivity contribution is 0.102. The van der Waals surface area contributed by atoms with Crippen LogP contribution in [0.2, 0.25) is 0 Å². The number of piperidine rings is 1. The van der Waals surface area contributed by atoms with Gasteiger partial charge in [0.2, 0.25) is 10.0 Å². The van der Waals surface area contributed by atoms with Crippen LogP contribution in [0.5, 0.6) is 0 Å². The molecular weight excluding hydrogens is 474 g/mol. The number of carbonyl (C=O) groups is 1. The van der Waals surface area contributed by atoms with Crippen LogP contribution in [0, 0.1) is 5.92 Å². The summed E-state index contributed by atoms with van der Waals surface area (Å²) in [5.41, 5.74) is 1.96. The fraction of sp³-hybridized carbons (Fsp3) is 0.214. The number of amides is 1. The average molecular weight is 500 g/mol. The monoisotopic (exact) mass is 499 g/mol. The van der Waals surface area contributed by atoms with E-state index in [0.717, 1.165) is 22.9 Å². The Morgan fingerprint density at radius 2 is 1.58 bits per heavy atom. The molecule has 1 N–H and O–H groups in total. The van der Waals surface area contributed by atoms with Gasteiger partial charge in [-0.05, 0) is 59.5 Å². The lowest BCUT2D eigenvalue weighted by Gasteiger charge is -2.42. The highest BCUT2D eigenvalue weighted by Crippen LogP contribution is 2.37. The zero-order chi connectivity index (χ0) is 24.9. The summed E-state index contributed by atoms with van der Waals surface area (Å²) in [5.74, 6) is -0.147. The highest BCUT2D eigenvalue weighted by Gasteiger charge is 2.39. The molecule has 8 heteroatoms. The number of benzene rings is 3. The van der Waals surface area contributed by atoms with Gasteiger partial charge in [-0.2, -0.15) is 4.31 Å². The highest BCUT2D eigenvalue weighted by molar-refractivity contribution is 7.89. The maximum Gasteiger partial charge on any atom is 0.256 e. The van der Waals surface area contributed by atoms with Crippen LogP contribution in [0.1, 0.15) is 28.4 Å². The van der Waals surface area contributed by atoms with Crippen molar-refractivity contribution in [2.45, 2.75) is 23.8 Å². The molecule has 0 radical (unpaired) electrons. The van der Waals surface area contributed by atoms with Crippen LogP contribution in [0.4, 0.5) is 5.69 Å². The van der Waals surface area contributed by atoms with Crippen LogP contribution in [-0.4, -0.2) is 36.3 Å². The van der Waals surface area contributed by atoms with Crippen molar-refractivity contribution in [3.05, 3.63) is 107 Å². The molecule has 0 unspecified atom stereocenters. The molecule has 2 aliphatic heterocycles. The Bertz CT molecular complexity index is 1640. The van der Waals surface area contributed by atoms with Gasteiger partial charge in [-0.3, -0.25) is 9.59 Å². The Kier molecular flexibility index (Phi) is 5.50. The van der Waals surface area contributed by atoms with E-state index < -0.39 is 10.0 Å². The Labute approximate surface area is 209 Å². The number of hydrogen-bond acceptors (Lipinski definition) is 4. The minimum atomic E-state index is -3.71. The van der Waals surface area contributed by atoms with Gasteiger partial charge in [0.05, 0.1) is 4.90 Å². The summed E-state index contributed by atoms with van der Waals surface area (Å²) in [7, 11) is -3.71. The first kappa shape index (κ1) is 22.7. The summed E-state index contributed by atoms with van der Waals surface area (Å²) >= 11 is 0. The second-order valence-electron chi connectivity index (χ2n) is 9.53. The topological polar surface area (TPSA) is 88.5 Å². The van der Waals surface area contributed by atoms with E-state index in [2.05, 4.69) is 5.32 Å². The summed E-state index contributed by atoms with van der Waals surface area (Å²) in [6.45, 7) is 1.28. The molecule has 3 aromatic carbocycles. The molecule has 0 spiro atoms. The lowest BCUT2D eigenvalue weighted by Crippen LogP contribution is -2.48. The lowest BCUT2D eigenvalue weighted by atomic mass is 9.84. The summed E-state index contributed by atoms with van der Waals surface area (Å²) in [5, 5.41) is 4.71. The van der Waals surface area contributed by atoms with E-state index in [0.29, 0.717) is 30.9 Å². The van der Waals surface area contributed by atoms with Crippen molar-refractivity contribution in [1.29, 1.82) is 0 Å². The van der Waals surface area contributed by atoms with Crippen LogP contribution in [0.3, 0.4) is 0 Å². The van der Waals surface area contributed by atoms with Crippen molar-refractivity contribution in [2.75, 3.05) is 18.4 Å². The van der Waals surface area contributed by atoms with Gasteiger partial charge in [0.15, 0.2) is 0 Å². The normalized spacial score (nSPS) is 19.6. The highest BCUT2D eigenvalue weighted by atomic mass is 32.2. The first-order valence-corrected chi connectivity index (χ1v) is 13.4. The van der Waals surface area contributed by atoms with Gasteiger partial charge in [-0.1, -0.05) is 42.5 Å². The molecule has 1 saturated heterocycles. The van der Waals surface area contributed by atoms with E-state index in [1.54, 1.807) is 34.9 Å². The predicted octanol–water partition coefficient (Wildman–Crippen LogP) is 4.06. The van der Waals surface area contributed by atoms with Gasteiger partial charge in [-0.25, -0.2) is 8.42 Å². The average Bonchev–Trinajstić information content (AvgIpc) is 2.89. The van der Waals surface area contributed by atoms with Crippen molar-refractivity contribution in [3.8, 4) is 0 Å². The summed E-state index contributed by atoms with van der Waals surface area (Å²) in [6, 6.07) is 24.8. The van der Waals surface area contributed by atoms with Gasteiger partial charge in [-0.15, -0.1) is 0 Å². The van der Waals surface area contributed by atoms with E-state index in [1.807, 2.05) is 42.5 Å². The molecule has 2 atom stereocenters. The SMILES string of the molecule is O=C(Nc1ccc(S(=O)(=O)N2C[C@H]3C[C@@H](C2)c2cccc(=O)n2C3)cc1)c1cccc2ccccc12. The van der Waals surface area contributed by atoms with E-state index >= 15 is 0 Å². The van der Waals surface area contributed by atoms with Gasteiger partial charge in [0.25, 0.3) is 11.5 Å². The third-order valence-corrected chi connectivity index (χ3v) is 9.08. The summed E-state index contributed by atoms with van der Waals surface area (Å²) in [4.78, 5) is 25.4. The molecule has 0 saturated carbocycles. The standard InChI is InChI=1S/C28H25N3O4S/c32-27-10-4-9-26-21-15-19(17-31(26)27)16-30(18-21)36(34,35)23-13-11-22(12-14-23)29-28(33)25-8-3-6-20-5-1-2-7-24(20)25/h1-14,19,21H,15-18H2,(H,29,33)/t19-,21+/m1/s1. The third-order valence-electron chi connectivity index (χ3n) is 7.23. The van der Waals surface area contributed by atoms with Crippen molar-refractivity contribution in [3.63, 3.8) is 0 Å². The molecule has 0 aliphatic carbocycles. The molecule has 1 amide bonds.